The van der Waals surface area contributed by atoms with E-state index in [1.165, 1.54) is 103 Å². The molecular formula is C50H90NO10P. The van der Waals surface area contributed by atoms with E-state index in [0.717, 1.165) is 77.0 Å². The molecule has 0 fully saturated rings. The number of allylic oxidation sites excluding steroid dienone is 8. The van der Waals surface area contributed by atoms with Crippen LogP contribution in [-0.2, 0) is 37.5 Å². The Labute approximate surface area is 377 Å². The van der Waals surface area contributed by atoms with Gasteiger partial charge in [-0.15, -0.1) is 0 Å². The van der Waals surface area contributed by atoms with Gasteiger partial charge in [-0.1, -0.05) is 204 Å². The summed E-state index contributed by atoms with van der Waals surface area (Å²) < 4.78 is 32.8. The summed E-state index contributed by atoms with van der Waals surface area (Å²) in [7, 11) is -4.72. The van der Waals surface area contributed by atoms with Gasteiger partial charge in [-0.3, -0.25) is 23.4 Å². The van der Waals surface area contributed by atoms with Gasteiger partial charge in [0.25, 0.3) is 0 Å². The molecule has 0 saturated carbocycles. The Kier molecular flexibility index (Phi) is 43.2. The van der Waals surface area contributed by atoms with Crippen molar-refractivity contribution in [1.29, 1.82) is 0 Å². The van der Waals surface area contributed by atoms with Gasteiger partial charge in [-0.25, -0.2) is 4.57 Å². The highest BCUT2D eigenvalue weighted by molar-refractivity contribution is 7.47. The highest BCUT2D eigenvalue weighted by Crippen LogP contribution is 2.43. The predicted octanol–water partition coefficient (Wildman–Crippen LogP) is 13.7. The summed E-state index contributed by atoms with van der Waals surface area (Å²) in [6, 6.07) is -1.52. The molecular weight excluding hydrogens is 806 g/mol. The molecule has 0 bridgehead atoms. The summed E-state index contributed by atoms with van der Waals surface area (Å²) in [5, 5.41) is 8.91. The lowest BCUT2D eigenvalue weighted by atomic mass is 10.0. The quantitative estimate of drug-likeness (QED) is 0.0230. The van der Waals surface area contributed by atoms with Crippen LogP contribution >= 0.6 is 7.82 Å². The van der Waals surface area contributed by atoms with Crippen LogP contribution in [0.1, 0.15) is 219 Å². The second-order valence-electron chi connectivity index (χ2n) is 16.6. The minimum Gasteiger partial charge on any atom is -0.480 e. The number of unbranched alkanes of at least 4 members (excludes halogenated alkanes) is 24. The van der Waals surface area contributed by atoms with Crippen LogP contribution in [0.2, 0.25) is 0 Å². The summed E-state index contributed by atoms with van der Waals surface area (Å²) in [5.74, 6) is -2.38. The number of esters is 2. The fraction of sp³-hybridized carbons (Fsp3) is 0.780. The Morgan fingerprint density at radius 3 is 1.35 bits per heavy atom. The van der Waals surface area contributed by atoms with Crippen molar-refractivity contribution in [3.05, 3.63) is 48.6 Å². The number of carbonyl (C=O) groups is 3. The average molecular weight is 896 g/mol. The van der Waals surface area contributed by atoms with Crippen molar-refractivity contribution in [1.82, 2.24) is 0 Å². The Bertz CT molecular complexity index is 1240. The Balaban J connectivity index is 4.28. The number of carboxylic acids is 1. The highest BCUT2D eigenvalue weighted by atomic mass is 31.2. The molecule has 3 atom stereocenters. The van der Waals surface area contributed by atoms with Crippen molar-refractivity contribution < 1.29 is 47.5 Å². The summed E-state index contributed by atoms with van der Waals surface area (Å²) in [4.78, 5) is 46.1. The number of rotatable bonds is 46. The number of phosphoric acid groups is 1. The molecule has 62 heavy (non-hydrogen) atoms. The van der Waals surface area contributed by atoms with E-state index in [2.05, 4.69) is 67.0 Å². The van der Waals surface area contributed by atoms with Gasteiger partial charge in [0.1, 0.15) is 12.6 Å². The zero-order valence-corrected chi connectivity index (χ0v) is 40.1. The lowest BCUT2D eigenvalue weighted by molar-refractivity contribution is -0.161. The van der Waals surface area contributed by atoms with Crippen LogP contribution < -0.4 is 5.73 Å². The van der Waals surface area contributed by atoms with Crippen LogP contribution in [0.5, 0.6) is 0 Å². The van der Waals surface area contributed by atoms with E-state index in [1.807, 2.05) is 0 Å². The number of carbonyl (C=O) groups excluding carboxylic acids is 2. The standard InChI is InChI=1S/C50H90NO10P/c1-3-5-7-9-11-13-15-17-19-21-22-23-24-26-28-30-32-34-36-38-40-42-49(53)61-46(44-59-62(56,57)60-45-47(51)50(54)55)43-58-48(52)41-39-37-35-33-31-29-27-25-20-18-16-14-12-10-8-6-4-2/h5,7,11,13,17,19,22-23,46-47H,3-4,6,8-10,12,14-16,18,20-21,24-45,51H2,1-2H3,(H,54,55)(H,56,57)/b7-5-,13-11-,19-17-,23-22-. The van der Waals surface area contributed by atoms with Crippen molar-refractivity contribution in [2.45, 2.75) is 231 Å². The molecule has 3 unspecified atom stereocenters. The number of nitrogens with two attached hydrogens (primary N) is 1. The zero-order chi connectivity index (χ0) is 45.6. The highest BCUT2D eigenvalue weighted by Gasteiger charge is 2.28. The Hall–Kier alpha value is -2.56. The third kappa shape index (κ3) is 44.1. The fourth-order valence-electron chi connectivity index (χ4n) is 6.76. The van der Waals surface area contributed by atoms with E-state index in [0.29, 0.717) is 12.8 Å². The monoisotopic (exact) mass is 896 g/mol. The molecule has 0 heterocycles. The van der Waals surface area contributed by atoms with E-state index in [9.17, 15) is 23.8 Å². The lowest BCUT2D eigenvalue weighted by Crippen LogP contribution is -2.34. The molecule has 360 valence electrons. The summed E-state index contributed by atoms with van der Waals surface area (Å²) >= 11 is 0. The van der Waals surface area contributed by atoms with E-state index in [1.54, 1.807) is 0 Å². The predicted molar refractivity (Wildman–Crippen MR) is 254 cm³/mol. The SMILES string of the molecule is CC/C=C\C/C=C\C/C=C\C/C=C\CCCCCCCCCCC(=O)OC(COC(=O)CCCCCCCCCCCCCCCCCCC)COP(=O)(O)OCC(N)C(=O)O. The van der Waals surface area contributed by atoms with Crippen LogP contribution in [0.25, 0.3) is 0 Å². The fourth-order valence-corrected chi connectivity index (χ4v) is 7.54. The van der Waals surface area contributed by atoms with E-state index >= 15 is 0 Å². The summed E-state index contributed by atoms with van der Waals surface area (Å²) in [6.07, 6.45) is 51.7. The van der Waals surface area contributed by atoms with Crippen molar-refractivity contribution in [2.24, 2.45) is 5.73 Å². The third-order valence-electron chi connectivity index (χ3n) is 10.6. The van der Waals surface area contributed by atoms with E-state index in [-0.39, 0.29) is 19.4 Å². The van der Waals surface area contributed by atoms with Crippen LogP contribution in [0.3, 0.4) is 0 Å². The van der Waals surface area contributed by atoms with E-state index in [4.69, 9.17) is 24.8 Å². The molecule has 0 aliphatic carbocycles. The number of hydrogen-bond donors (Lipinski definition) is 3. The minimum atomic E-state index is -4.72. The van der Waals surface area contributed by atoms with Gasteiger partial charge >= 0.3 is 25.7 Å². The molecule has 0 radical (unpaired) electrons. The number of aliphatic carboxylic acids is 1. The summed E-state index contributed by atoms with van der Waals surface area (Å²) in [5.41, 5.74) is 5.35. The van der Waals surface area contributed by atoms with Gasteiger partial charge in [0.05, 0.1) is 13.2 Å². The van der Waals surface area contributed by atoms with Gasteiger partial charge in [0.2, 0.25) is 0 Å². The van der Waals surface area contributed by atoms with Crippen molar-refractivity contribution >= 4 is 25.7 Å². The first-order valence-electron chi connectivity index (χ1n) is 24.7. The lowest BCUT2D eigenvalue weighted by Gasteiger charge is -2.20. The second kappa shape index (κ2) is 45.0. The smallest absolute Gasteiger partial charge is 0.472 e. The molecule has 0 rings (SSSR count). The maximum atomic E-state index is 12.7. The largest absolute Gasteiger partial charge is 0.480 e. The van der Waals surface area contributed by atoms with Gasteiger partial charge in [0.15, 0.2) is 6.10 Å². The molecule has 0 saturated heterocycles. The number of ether oxygens (including phenoxy) is 2. The molecule has 0 spiro atoms. The van der Waals surface area contributed by atoms with Gasteiger partial charge < -0.3 is 25.2 Å². The first kappa shape index (κ1) is 59.4. The molecule has 11 nitrogen and oxygen atoms in total. The minimum absolute atomic E-state index is 0.152. The topological polar surface area (TPSA) is 172 Å². The van der Waals surface area contributed by atoms with Crippen molar-refractivity contribution in [2.75, 3.05) is 19.8 Å². The van der Waals surface area contributed by atoms with Crippen LogP contribution in [0.4, 0.5) is 0 Å². The van der Waals surface area contributed by atoms with Crippen molar-refractivity contribution in [3.63, 3.8) is 0 Å². The van der Waals surface area contributed by atoms with Gasteiger partial charge in [-0.05, 0) is 51.4 Å². The summed E-state index contributed by atoms with van der Waals surface area (Å²) in [6.45, 7) is 2.71. The van der Waals surface area contributed by atoms with Gasteiger partial charge in [0, 0.05) is 12.8 Å². The molecule has 4 N–H and O–H groups in total. The van der Waals surface area contributed by atoms with Crippen LogP contribution in [0.15, 0.2) is 48.6 Å². The molecule has 12 heteroatoms. The molecule has 0 aliphatic rings. The maximum Gasteiger partial charge on any atom is 0.472 e. The van der Waals surface area contributed by atoms with Crippen LogP contribution in [0, 0.1) is 0 Å². The molecule has 0 aliphatic heterocycles. The normalized spacial score (nSPS) is 14.0. The number of phosphoric ester groups is 1. The van der Waals surface area contributed by atoms with Gasteiger partial charge in [-0.2, -0.15) is 0 Å². The second-order valence-corrected chi connectivity index (χ2v) is 18.0. The molecule has 0 aromatic carbocycles. The Morgan fingerprint density at radius 2 is 0.903 bits per heavy atom. The number of carboxylic acid groups (broad SMARTS) is 1. The van der Waals surface area contributed by atoms with E-state index < -0.39 is 51.1 Å². The molecule has 0 aromatic heterocycles. The van der Waals surface area contributed by atoms with Crippen molar-refractivity contribution in [3.8, 4) is 0 Å². The average Bonchev–Trinajstić information content (AvgIpc) is 3.25. The van der Waals surface area contributed by atoms with Crippen LogP contribution in [-0.4, -0.2) is 59.9 Å². The number of hydrogen-bond acceptors (Lipinski definition) is 9. The zero-order valence-electron chi connectivity index (χ0n) is 39.2. The molecule has 0 amide bonds. The molecule has 0 aromatic rings. The third-order valence-corrected chi connectivity index (χ3v) is 11.5. The Morgan fingerprint density at radius 1 is 0.516 bits per heavy atom. The first-order chi connectivity index (χ1) is 30.1. The maximum absolute atomic E-state index is 12.7. The first-order valence-corrected chi connectivity index (χ1v) is 26.2.